The van der Waals surface area contributed by atoms with Gasteiger partial charge in [-0.1, -0.05) is 31.9 Å². The Bertz CT molecular complexity index is 1420. The van der Waals surface area contributed by atoms with Crippen LogP contribution in [0.1, 0.15) is 68.3 Å². The van der Waals surface area contributed by atoms with E-state index in [0.29, 0.717) is 17.9 Å². The number of hydrogen-bond acceptors (Lipinski definition) is 7. The average molecular weight is 667 g/mol. The van der Waals surface area contributed by atoms with Crippen LogP contribution in [0.5, 0.6) is 0 Å². The minimum atomic E-state index is -0.451. The topological polar surface area (TPSA) is 90.1 Å². The van der Waals surface area contributed by atoms with Crippen LogP contribution in [0.3, 0.4) is 0 Å². The number of thiazole rings is 2. The standard InChI is InChI=1S/C16H19BrN2O2S.C11H11BrN2S/c1-16(2,3)21-15(20)18-11-6-9(7-11)14-19-12-8-10(17)4-5-13(12)22-14;12-7-1-2-10-9(5-7)14-11(15-10)6-3-8(13)4-6/h4-5,8-9,11H,6-7H2,1-3H3,(H,18,20);1-2,5-6,8H,3-4,13H2. The monoisotopic (exact) mass is 664 g/mol. The molecule has 0 bridgehead atoms. The van der Waals surface area contributed by atoms with Crippen molar-refractivity contribution in [1.82, 2.24) is 15.3 Å². The van der Waals surface area contributed by atoms with E-state index < -0.39 is 5.60 Å². The van der Waals surface area contributed by atoms with Gasteiger partial charge in [-0.2, -0.15) is 0 Å². The van der Waals surface area contributed by atoms with Crippen LogP contribution >= 0.6 is 54.5 Å². The van der Waals surface area contributed by atoms with Crippen molar-refractivity contribution in [2.75, 3.05) is 0 Å². The van der Waals surface area contributed by atoms with Crippen LogP contribution in [-0.2, 0) is 4.74 Å². The van der Waals surface area contributed by atoms with Crippen LogP contribution in [0.4, 0.5) is 4.79 Å². The number of hydrogen-bond donors (Lipinski definition) is 2. The Kier molecular flexibility index (Phi) is 7.94. The Morgan fingerprint density at radius 1 is 0.919 bits per heavy atom. The third-order valence-corrected chi connectivity index (χ3v) is 9.85. The Labute approximate surface area is 241 Å². The SMILES string of the molecule is CC(C)(C)OC(=O)NC1CC(c2nc3cc(Br)ccc3s2)C1.NC1CC(c2nc3cc(Br)ccc3s2)C1. The van der Waals surface area contributed by atoms with Gasteiger partial charge in [0.2, 0.25) is 0 Å². The smallest absolute Gasteiger partial charge is 0.407 e. The van der Waals surface area contributed by atoms with Crippen molar-refractivity contribution in [3.63, 3.8) is 0 Å². The van der Waals surface area contributed by atoms with Crippen LogP contribution < -0.4 is 11.1 Å². The summed E-state index contributed by atoms with van der Waals surface area (Å²) in [6.07, 6.45) is 3.73. The number of carbonyl (C=O) groups is 1. The number of rotatable bonds is 3. The van der Waals surface area contributed by atoms with Gasteiger partial charge in [-0.25, -0.2) is 14.8 Å². The van der Waals surface area contributed by atoms with E-state index >= 15 is 0 Å². The molecule has 0 radical (unpaired) electrons. The van der Waals surface area contributed by atoms with E-state index in [9.17, 15) is 4.79 Å². The number of nitrogens with zero attached hydrogens (tertiary/aromatic N) is 2. The van der Waals surface area contributed by atoms with Gasteiger partial charge in [0.15, 0.2) is 0 Å². The van der Waals surface area contributed by atoms with Gasteiger partial charge in [0.25, 0.3) is 0 Å². The fraction of sp³-hybridized carbons (Fsp3) is 0.444. The number of benzene rings is 2. The number of alkyl carbamates (subject to hydrolysis) is 1. The second-order valence-corrected chi connectivity index (χ2v) is 14.7. The molecule has 10 heteroatoms. The fourth-order valence-electron chi connectivity index (χ4n) is 4.46. The summed E-state index contributed by atoms with van der Waals surface area (Å²) in [5.74, 6) is 1.05. The van der Waals surface area contributed by atoms with Gasteiger partial charge >= 0.3 is 6.09 Å². The molecule has 1 amide bonds. The lowest BCUT2D eigenvalue weighted by Gasteiger charge is -2.34. The number of fused-ring (bicyclic) bond motifs is 2. The molecule has 0 atom stereocenters. The Hall–Kier alpha value is -1.59. The van der Waals surface area contributed by atoms with Crippen LogP contribution in [0.25, 0.3) is 20.4 Å². The normalized spacial score (nSPS) is 23.1. The van der Waals surface area contributed by atoms with E-state index in [1.165, 1.54) is 14.4 Å². The first kappa shape index (κ1) is 27.0. The summed E-state index contributed by atoms with van der Waals surface area (Å²) in [5.41, 5.74) is 7.48. The lowest BCUT2D eigenvalue weighted by atomic mass is 9.81. The van der Waals surface area contributed by atoms with E-state index in [2.05, 4.69) is 66.4 Å². The van der Waals surface area contributed by atoms with E-state index in [0.717, 1.165) is 50.7 Å². The van der Waals surface area contributed by atoms with Crippen LogP contribution in [0.15, 0.2) is 45.3 Å². The molecule has 2 aromatic heterocycles. The minimum absolute atomic E-state index is 0.193. The summed E-state index contributed by atoms with van der Waals surface area (Å²) in [7, 11) is 0. The molecule has 6 rings (SSSR count). The number of carbonyl (C=O) groups excluding carboxylic acids is 1. The number of amides is 1. The Morgan fingerprint density at radius 2 is 1.41 bits per heavy atom. The predicted molar refractivity (Wildman–Crippen MR) is 160 cm³/mol. The largest absolute Gasteiger partial charge is 0.444 e. The molecule has 3 N–H and O–H groups in total. The number of ether oxygens (including phenoxy) is 1. The van der Waals surface area contributed by atoms with Crippen molar-refractivity contribution in [1.29, 1.82) is 0 Å². The van der Waals surface area contributed by atoms with Gasteiger partial charge < -0.3 is 15.8 Å². The zero-order chi connectivity index (χ0) is 26.3. The van der Waals surface area contributed by atoms with Gasteiger partial charge in [-0.05, 0) is 82.9 Å². The lowest BCUT2D eigenvalue weighted by Crippen LogP contribution is -2.45. The molecule has 0 saturated heterocycles. The second kappa shape index (κ2) is 10.9. The molecule has 2 heterocycles. The molecule has 0 aliphatic heterocycles. The van der Waals surface area contributed by atoms with Gasteiger partial charge in [-0.3, -0.25) is 0 Å². The van der Waals surface area contributed by atoms with Gasteiger partial charge in [0, 0.05) is 32.9 Å². The number of halogens is 2. The van der Waals surface area contributed by atoms with E-state index in [1.807, 2.05) is 32.9 Å². The van der Waals surface area contributed by atoms with Crippen molar-refractivity contribution in [2.45, 2.75) is 76.0 Å². The van der Waals surface area contributed by atoms with Gasteiger partial charge in [-0.15, -0.1) is 22.7 Å². The summed E-state index contributed by atoms with van der Waals surface area (Å²) >= 11 is 10.5. The van der Waals surface area contributed by atoms with E-state index in [-0.39, 0.29) is 12.1 Å². The number of nitrogens with one attached hydrogen (secondary N) is 1. The molecule has 2 aromatic carbocycles. The summed E-state index contributed by atoms with van der Waals surface area (Å²) in [4.78, 5) is 21.1. The van der Waals surface area contributed by atoms with Crippen molar-refractivity contribution in [3.05, 3.63) is 55.4 Å². The molecule has 37 heavy (non-hydrogen) atoms. The molecule has 2 fully saturated rings. The van der Waals surface area contributed by atoms with Gasteiger partial charge in [0.1, 0.15) is 5.60 Å². The first-order valence-electron chi connectivity index (χ1n) is 12.4. The zero-order valence-electron chi connectivity index (χ0n) is 21.0. The van der Waals surface area contributed by atoms with E-state index in [1.54, 1.807) is 22.7 Å². The van der Waals surface area contributed by atoms with E-state index in [4.69, 9.17) is 15.5 Å². The summed E-state index contributed by atoms with van der Waals surface area (Å²) in [6, 6.07) is 13.0. The van der Waals surface area contributed by atoms with Crippen molar-refractivity contribution in [2.24, 2.45) is 5.73 Å². The first-order chi connectivity index (χ1) is 17.5. The van der Waals surface area contributed by atoms with Crippen molar-refractivity contribution in [3.8, 4) is 0 Å². The lowest BCUT2D eigenvalue weighted by molar-refractivity contribution is 0.0471. The van der Waals surface area contributed by atoms with Crippen molar-refractivity contribution >= 4 is 81.1 Å². The molecule has 6 nitrogen and oxygen atoms in total. The maximum atomic E-state index is 11.7. The summed E-state index contributed by atoms with van der Waals surface area (Å²) in [6.45, 7) is 5.61. The maximum absolute atomic E-state index is 11.7. The number of aromatic nitrogens is 2. The molecule has 0 unspecified atom stereocenters. The molecule has 196 valence electrons. The quantitative estimate of drug-likeness (QED) is 0.231. The zero-order valence-corrected chi connectivity index (χ0v) is 25.8. The fourth-order valence-corrected chi connectivity index (χ4v) is 7.31. The Balaban J connectivity index is 0.000000162. The third-order valence-electron chi connectivity index (χ3n) is 6.46. The summed E-state index contributed by atoms with van der Waals surface area (Å²) in [5, 5.41) is 5.34. The van der Waals surface area contributed by atoms with Crippen molar-refractivity contribution < 1.29 is 9.53 Å². The van der Waals surface area contributed by atoms with Crippen LogP contribution in [-0.4, -0.2) is 33.7 Å². The highest BCUT2D eigenvalue weighted by molar-refractivity contribution is 9.10. The molecular weight excluding hydrogens is 636 g/mol. The van der Waals surface area contributed by atoms with Gasteiger partial charge in [0.05, 0.1) is 30.4 Å². The second-order valence-electron chi connectivity index (χ2n) is 10.8. The molecule has 2 saturated carbocycles. The minimum Gasteiger partial charge on any atom is -0.444 e. The highest BCUT2D eigenvalue weighted by Crippen LogP contribution is 2.41. The molecule has 0 spiro atoms. The third kappa shape index (κ3) is 6.71. The van der Waals surface area contributed by atoms with Crippen LogP contribution in [0.2, 0.25) is 0 Å². The van der Waals surface area contributed by atoms with Crippen LogP contribution in [0, 0.1) is 0 Å². The number of nitrogens with two attached hydrogens (primary N) is 1. The predicted octanol–water partition coefficient (Wildman–Crippen LogP) is 8.09. The molecular formula is C27H30Br2N4O2S2. The Morgan fingerprint density at radius 3 is 1.86 bits per heavy atom. The highest BCUT2D eigenvalue weighted by atomic mass is 79.9. The maximum Gasteiger partial charge on any atom is 0.407 e. The molecule has 2 aliphatic carbocycles. The summed E-state index contributed by atoms with van der Waals surface area (Å²) < 4.78 is 9.91. The molecule has 2 aliphatic rings. The first-order valence-corrected chi connectivity index (χ1v) is 15.6. The average Bonchev–Trinajstić information content (AvgIpc) is 3.35. The highest BCUT2D eigenvalue weighted by Gasteiger charge is 2.34. The molecule has 4 aromatic rings.